The molecule has 0 aliphatic rings. The Kier molecular flexibility index (Phi) is 7.41. The molecule has 0 spiro atoms. The minimum atomic E-state index is 0. The maximum absolute atomic E-state index is 4.55. The molecule has 2 aromatic rings. The van der Waals surface area contributed by atoms with E-state index in [0.29, 0.717) is 12.5 Å². The average molecular weight is 402 g/mol. The molecule has 116 valence electrons. The summed E-state index contributed by atoms with van der Waals surface area (Å²) in [6.07, 6.45) is 1.95. The lowest BCUT2D eigenvalue weighted by molar-refractivity contribution is 0.614. The van der Waals surface area contributed by atoms with Crippen LogP contribution < -0.4 is 10.6 Å². The molecule has 0 bridgehead atoms. The first-order valence-electron chi connectivity index (χ1n) is 7.01. The average Bonchev–Trinajstić information content (AvgIpc) is 2.85. The number of hydrogen-bond acceptors (Lipinski definition) is 3. The van der Waals surface area contributed by atoms with E-state index in [1.54, 1.807) is 0 Å². The van der Waals surface area contributed by atoms with Gasteiger partial charge in [-0.15, -0.1) is 34.2 Å². The molecular weight excluding hydrogens is 379 g/mol. The van der Waals surface area contributed by atoms with Gasteiger partial charge in [0.2, 0.25) is 0 Å². The molecule has 0 saturated heterocycles. The van der Waals surface area contributed by atoms with Crippen molar-refractivity contribution in [1.29, 1.82) is 0 Å². The van der Waals surface area contributed by atoms with E-state index < -0.39 is 0 Å². The van der Waals surface area contributed by atoms with Crippen molar-refractivity contribution in [3.05, 3.63) is 30.2 Å². The Morgan fingerprint density at radius 2 is 2.10 bits per heavy atom. The third-order valence-electron chi connectivity index (χ3n) is 2.78. The number of guanidine groups is 1. The van der Waals surface area contributed by atoms with Gasteiger partial charge in [-0.2, -0.15) is 0 Å². The Labute approximate surface area is 142 Å². The summed E-state index contributed by atoms with van der Waals surface area (Å²) in [6, 6.07) is 5.85. The summed E-state index contributed by atoms with van der Waals surface area (Å²) >= 11 is 0. The Balaban J connectivity index is 0.00000220. The molecule has 0 aromatic carbocycles. The van der Waals surface area contributed by atoms with E-state index in [-0.39, 0.29) is 24.0 Å². The van der Waals surface area contributed by atoms with Crippen molar-refractivity contribution in [2.45, 2.75) is 27.3 Å². The van der Waals surface area contributed by atoms with Gasteiger partial charge in [-0.25, -0.2) is 4.99 Å². The molecular formula is C14H23IN6. The van der Waals surface area contributed by atoms with Crippen molar-refractivity contribution >= 4 is 35.6 Å². The fourth-order valence-electron chi connectivity index (χ4n) is 1.79. The van der Waals surface area contributed by atoms with Crippen molar-refractivity contribution in [2.75, 3.05) is 13.1 Å². The molecule has 0 aliphatic heterocycles. The molecule has 0 radical (unpaired) electrons. The number of aromatic nitrogens is 3. The van der Waals surface area contributed by atoms with Crippen LogP contribution in [0.2, 0.25) is 0 Å². The highest BCUT2D eigenvalue weighted by atomic mass is 127. The zero-order valence-corrected chi connectivity index (χ0v) is 15.0. The number of hydrogen-bond donors (Lipinski definition) is 2. The first-order chi connectivity index (χ1) is 9.70. The van der Waals surface area contributed by atoms with Crippen LogP contribution in [0.4, 0.5) is 0 Å². The fourth-order valence-corrected chi connectivity index (χ4v) is 1.79. The highest BCUT2D eigenvalue weighted by molar-refractivity contribution is 14.0. The molecule has 2 rings (SSSR count). The quantitative estimate of drug-likeness (QED) is 0.457. The van der Waals surface area contributed by atoms with Gasteiger partial charge in [-0.1, -0.05) is 19.9 Å². The zero-order chi connectivity index (χ0) is 14.4. The fraction of sp³-hybridized carbons (Fsp3) is 0.500. The van der Waals surface area contributed by atoms with E-state index >= 15 is 0 Å². The van der Waals surface area contributed by atoms with Gasteiger partial charge in [0.05, 0.1) is 0 Å². The van der Waals surface area contributed by atoms with Gasteiger partial charge in [0.15, 0.2) is 17.4 Å². The Morgan fingerprint density at radius 1 is 1.29 bits per heavy atom. The first-order valence-corrected chi connectivity index (χ1v) is 7.01. The molecule has 2 heterocycles. The summed E-state index contributed by atoms with van der Waals surface area (Å²) in [5.74, 6) is 2.23. The summed E-state index contributed by atoms with van der Waals surface area (Å²) in [4.78, 5) is 4.55. The van der Waals surface area contributed by atoms with E-state index in [1.165, 1.54) is 0 Å². The molecule has 0 saturated carbocycles. The molecule has 0 aliphatic carbocycles. The van der Waals surface area contributed by atoms with Crippen LogP contribution in [0.1, 0.15) is 26.6 Å². The van der Waals surface area contributed by atoms with Gasteiger partial charge in [-0.05, 0) is 25.0 Å². The smallest absolute Gasteiger partial charge is 0.191 e. The second-order valence-corrected chi connectivity index (χ2v) is 5.01. The van der Waals surface area contributed by atoms with E-state index in [4.69, 9.17) is 0 Å². The first kappa shape index (κ1) is 17.7. The monoisotopic (exact) mass is 402 g/mol. The van der Waals surface area contributed by atoms with Crippen molar-refractivity contribution in [1.82, 2.24) is 25.2 Å². The number of pyridine rings is 1. The highest BCUT2D eigenvalue weighted by Crippen LogP contribution is 2.03. The molecule has 7 heteroatoms. The predicted molar refractivity (Wildman–Crippen MR) is 96.1 cm³/mol. The second-order valence-electron chi connectivity index (χ2n) is 5.01. The van der Waals surface area contributed by atoms with E-state index in [1.807, 2.05) is 28.8 Å². The number of nitrogens with one attached hydrogen (secondary N) is 2. The van der Waals surface area contributed by atoms with Crippen molar-refractivity contribution < 1.29 is 0 Å². The number of aliphatic imine (C=N–C) groups is 1. The molecule has 2 N–H and O–H groups in total. The molecule has 21 heavy (non-hydrogen) atoms. The van der Waals surface area contributed by atoms with Crippen molar-refractivity contribution in [3.63, 3.8) is 0 Å². The van der Waals surface area contributed by atoms with E-state index in [9.17, 15) is 0 Å². The Morgan fingerprint density at radius 3 is 2.81 bits per heavy atom. The van der Waals surface area contributed by atoms with Crippen molar-refractivity contribution in [3.8, 4) is 0 Å². The van der Waals surface area contributed by atoms with Gasteiger partial charge in [0, 0.05) is 19.3 Å². The summed E-state index contributed by atoms with van der Waals surface area (Å²) in [5.41, 5.74) is 0.845. The number of halogens is 1. The van der Waals surface area contributed by atoms with Crippen LogP contribution in [0.5, 0.6) is 0 Å². The van der Waals surface area contributed by atoms with Crippen molar-refractivity contribution in [2.24, 2.45) is 10.9 Å². The number of fused-ring (bicyclic) bond motifs is 1. The lowest BCUT2D eigenvalue weighted by atomic mass is 10.2. The van der Waals surface area contributed by atoms with Gasteiger partial charge < -0.3 is 10.6 Å². The highest BCUT2D eigenvalue weighted by Gasteiger charge is 2.04. The van der Waals surface area contributed by atoms with Gasteiger partial charge >= 0.3 is 0 Å². The normalized spacial score (nSPS) is 11.5. The van der Waals surface area contributed by atoms with Gasteiger partial charge in [0.1, 0.15) is 6.54 Å². The lowest BCUT2D eigenvalue weighted by Crippen LogP contribution is -2.39. The topological polar surface area (TPSA) is 66.6 Å². The molecule has 6 nitrogen and oxygen atoms in total. The molecule has 0 fully saturated rings. The third kappa shape index (κ3) is 5.14. The van der Waals surface area contributed by atoms with Crippen LogP contribution in [0, 0.1) is 5.92 Å². The van der Waals surface area contributed by atoms with Crippen LogP contribution in [-0.2, 0) is 6.54 Å². The minimum Gasteiger partial charge on any atom is -0.357 e. The van der Waals surface area contributed by atoms with E-state index in [0.717, 1.165) is 30.5 Å². The zero-order valence-electron chi connectivity index (χ0n) is 12.7. The lowest BCUT2D eigenvalue weighted by Gasteiger charge is -2.12. The standard InChI is InChI=1S/C14H22N6.HI/c1-4-15-14(16-9-11(2)3)17-10-13-19-18-12-7-5-6-8-20(12)13;/h5-8,11H,4,9-10H2,1-3H3,(H2,15,16,17);1H. The summed E-state index contributed by atoms with van der Waals surface area (Å²) in [5, 5.41) is 14.8. The Hall–Kier alpha value is -1.38. The van der Waals surface area contributed by atoms with Crippen LogP contribution in [0.3, 0.4) is 0 Å². The van der Waals surface area contributed by atoms with Gasteiger partial charge in [0.25, 0.3) is 0 Å². The summed E-state index contributed by atoms with van der Waals surface area (Å²) in [6.45, 7) is 8.62. The molecule has 0 unspecified atom stereocenters. The predicted octanol–water partition coefficient (Wildman–Crippen LogP) is 2.06. The Bertz CT molecular complexity index is 578. The van der Waals surface area contributed by atoms with Gasteiger partial charge in [-0.3, -0.25) is 4.40 Å². The van der Waals surface area contributed by atoms with Crippen LogP contribution >= 0.6 is 24.0 Å². The largest absolute Gasteiger partial charge is 0.357 e. The van der Waals surface area contributed by atoms with Crippen LogP contribution in [-0.4, -0.2) is 33.6 Å². The minimum absolute atomic E-state index is 0. The maximum Gasteiger partial charge on any atom is 0.191 e. The third-order valence-corrected chi connectivity index (χ3v) is 2.78. The summed E-state index contributed by atoms with van der Waals surface area (Å²) < 4.78 is 1.95. The number of nitrogens with zero attached hydrogens (tertiary/aromatic N) is 4. The van der Waals surface area contributed by atoms with Crippen LogP contribution in [0.25, 0.3) is 5.65 Å². The SMILES string of the molecule is CCNC(=NCc1nnc2ccccn12)NCC(C)C.I. The maximum atomic E-state index is 4.55. The molecule has 2 aromatic heterocycles. The summed E-state index contributed by atoms with van der Waals surface area (Å²) in [7, 11) is 0. The second kappa shape index (κ2) is 8.81. The van der Waals surface area contributed by atoms with Crippen LogP contribution in [0.15, 0.2) is 29.4 Å². The molecule has 0 amide bonds. The van der Waals surface area contributed by atoms with E-state index in [2.05, 4.69) is 46.6 Å². The number of rotatable bonds is 5. The molecule has 0 atom stereocenters.